The topological polar surface area (TPSA) is 78.4 Å². The van der Waals surface area contributed by atoms with Crippen LogP contribution in [0.4, 0.5) is 0 Å². The third kappa shape index (κ3) is 5.34. The minimum Gasteiger partial charge on any atom is -0.508 e. The zero-order valence-electron chi connectivity index (χ0n) is 15.7. The van der Waals surface area contributed by atoms with Crippen molar-refractivity contribution in [1.82, 2.24) is 10.6 Å². The summed E-state index contributed by atoms with van der Waals surface area (Å²) in [6.45, 7) is 8.04. The average molecular weight is 354 g/mol. The van der Waals surface area contributed by atoms with Crippen LogP contribution in [0.1, 0.15) is 55.2 Å². The van der Waals surface area contributed by atoms with Gasteiger partial charge in [0, 0.05) is 5.56 Å². The lowest BCUT2D eigenvalue weighted by Gasteiger charge is -2.19. The first-order chi connectivity index (χ1) is 12.2. The Morgan fingerprint density at radius 1 is 1.08 bits per heavy atom. The number of hydrogen-bond acceptors (Lipinski definition) is 3. The quantitative estimate of drug-likeness (QED) is 0.771. The first kappa shape index (κ1) is 19.5. The molecule has 0 saturated carbocycles. The van der Waals surface area contributed by atoms with Crippen molar-refractivity contribution in [3.8, 4) is 5.75 Å². The lowest BCUT2D eigenvalue weighted by molar-refractivity contribution is -0.120. The Kier molecular flexibility index (Phi) is 6.03. The van der Waals surface area contributed by atoms with Crippen molar-refractivity contribution >= 4 is 11.8 Å². The molecule has 0 aliphatic carbocycles. The molecule has 3 N–H and O–H groups in total. The third-order valence-corrected chi connectivity index (χ3v) is 4.17. The summed E-state index contributed by atoms with van der Waals surface area (Å²) < 4.78 is 0. The first-order valence-corrected chi connectivity index (χ1v) is 8.64. The zero-order chi connectivity index (χ0) is 19.3. The molecule has 0 spiro atoms. The molecule has 0 radical (unpaired) electrons. The van der Waals surface area contributed by atoms with Crippen LogP contribution in [-0.4, -0.2) is 23.5 Å². The molecule has 1 unspecified atom stereocenters. The van der Waals surface area contributed by atoms with Crippen molar-refractivity contribution in [1.29, 1.82) is 0 Å². The number of phenols is 1. The van der Waals surface area contributed by atoms with E-state index in [4.69, 9.17) is 0 Å². The van der Waals surface area contributed by atoms with Crippen LogP contribution in [-0.2, 0) is 10.2 Å². The number of carbonyl (C=O) groups excluding carboxylic acids is 2. The van der Waals surface area contributed by atoms with E-state index in [1.807, 2.05) is 25.1 Å². The number of benzene rings is 2. The third-order valence-electron chi connectivity index (χ3n) is 4.17. The van der Waals surface area contributed by atoms with Gasteiger partial charge in [-0.25, -0.2) is 0 Å². The molecule has 2 rings (SSSR count). The molecule has 2 aromatic rings. The minimum atomic E-state index is -0.291. The van der Waals surface area contributed by atoms with Gasteiger partial charge in [-0.05, 0) is 47.7 Å². The van der Waals surface area contributed by atoms with E-state index in [0.717, 1.165) is 11.1 Å². The molecular formula is C21H26N2O3. The lowest BCUT2D eigenvalue weighted by atomic mass is 9.87. The molecule has 0 aliphatic rings. The van der Waals surface area contributed by atoms with Crippen LogP contribution in [0.3, 0.4) is 0 Å². The van der Waals surface area contributed by atoms with E-state index >= 15 is 0 Å². The Balaban J connectivity index is 1.87. The number of amides is 2. The van der Waals surface area contributed by atoms with Gasteiger partial charge in [0.2, 0.25) is 5.91 Å². The number of nitrogens with one attached hydrogen (secondary N) is 2. The highest BCUT2D eigenvalue weighted by molar-refractivity contribution is 5.96. The highest BCUT2D eigenvalue weighted by Gasteiger charge is 2.15. The standard InChI is InChI=1S/C21H26N2O3/c1-14(16-6-5-7-18(24)12-16)23-19(25)13-22-20(26)15-8-10-17(11-9-15)21(2,3)4/h5-12,14,24H,13H2,1-4H3,(H,22,26)(H,23,25). The normalized spacial score (nSPS) is 12.3. The van der Waals surface area contributed by atoms with Crippen LogP contribution >= 0.6 is 0 Å². The van der Waals surface area contributed by atoms with Crippen molar-refractivity contribution in [2.75, 3.05) is 6.54 Å². The van der Waals surface area contributed by atoms with E-state index in [2.05, 4.69) is 31.4 Å². The summed E-state index contributed by atoms with van der Waals surface area (Å²) in [6, 6.07) is 13.8. The van der Waals surface area contributed by atoms with Gasteiger partial charge in [0.1, 0.15) is 5.75 Å². The second-order valence-electron chi connectivity index (χ2n) is 7.39. The Hall–Kier alpha value is -2.82. The maximum atomic E-state index is 12.2. The van der Waals surface area contributed by atoms with Gasteiger partial charge < -0.3 is 15.7 Å². The van der Waals surface area contributed by atoms with Gasteiger partial charge in [0.25, 0.3) is 5.91 Å². The van der Waals surface area contributed by atoms with Gasteiger partial charge in [0.15, 0.2) is 0 Å². The molecule has 2 aromatic carbocycles. The molecule has 0 fully saturated rings. The zero-order valence-corrected chi connectivity index (χ0v) is 15.7. The molecule has 0 saturated heterocycles. The number of hydrogen-bond donors (Lipinski definition) is 3. The molecule has 5 heteroatoms. The van der Waals surface area contributed by atoms with Gasteiger partial charge in [0.05, 0.1) is 12.6 Å². The molecule has 26 heavy (non-hydrogen) atoms. The summed E-state index contributed by atoms with van der Waals surface area (Å²) in [5.41, 5.74) is 2.48. The number of phenolic OH excluding ortho intramolecular Hbond substituents is 1. The largest absolute Gasteiger partial charge is 0.508 e. The van der Waals surface area contributed by atoms with Gasteiger partial charge in [-0.1, -0.05) is 45.0 Å². The van der Waals surface area contributed by atoms with E-state index in [1.165, 1.54) is 0 Å². The SMILES string of the molecule is CC(NC(=O)CNC(=O)c1ccc(C(C)(C)C)cc1)c1cccc(O)c1. The van der Waals surface area contributed by atoms with Crippen LogP contribution in [0.25, 0.3) is 0 Å². The number of carbonyl (C=O) groups is 2. The molecule has 0 aliphatic heterocycles. The van der Waals surface area contributed by atoms with E-state index in [0.29, 0.717) is 5.56 Å². The summed E-state index contributed by atoms with van der Waals surface area (Å²) in [6.07, 6.45) is 0. The molecule has 0 heterocycles. The molecular weight excluding hydrogens is 328 g/mol. The summed E-state index contributed by atoms with van der Waals surface area (Å²) in [5.74, 6) is -0.429. The molecule has 0 bridgehead atoms. The van der Waals surface area contributed by atoms with Crippen LogP contribution in [0.2, 0.25) is 0 Å². The first-order valence-electron chi connectivity index (χ1n) is 8.64. The van der Waals surface area contributed by atoms with Crippen LogP contribution in [0.15, 0.2) is 48.5 Å². The van der Waals surface area contributed by atoms with Crippen molar-refractivity contribution in [2.24, 2.45) is 0 Å². The average Bonchev–Trinajstić information content (AvgIpc) is 2.59. The van der Waals surface area contributed by atoms with Crippen molar-refractivity contribution in [3.63, 3.8) is 0 Å². The Morgan fingerprint density at radius 2 is 1.73 bits per heavy atom. The highest BCUT2D eigenvalue weighted by atomic mass is 16.3. The maximum absolute atomic E-state index is 12.2. The number of rotatable bonds is 5. The summed E-state index contributed by atoms with van der Waals surface area (Å²) >= 11 is 0. The van der Waals surface area contributed by atoms with E-state index in [9.17, 15) is 14.7 Å². The fourth-order valence-electron chi connectivity index (χ4n) is 2.55. The van der Waals surface area contributed by atoms with E-state index < -0.39 is 0 Å². The monoisotopic (exact) mass is 354 g/mol. The van der Waals surface area contributed by atoms with E-state index in [1.54, 1.807) is 30.3 Å². The van der Waals surface area contributed by atoms with Crippen molar-refractivity contribution < 1.29 is 14.7 Å². The predicted octanol–water partition coefficient (Wildman–Crippen LogP) is 3.30. The molecule has 138 valence electrons. The highest BCUT2D eigenvalue weighted by Crippen LogP contribution is 2.22. The van der Waals surface area contributed by atoms with Crippen LogP contribution in [0.5, 0.6) is 5.75 Å². The maximum Gasteiger partial charge on any atom is 0.251 e. The fraction of sp³-hybridized carbons (Fsp3) is 0.333. The second-order valence-corrected chi connectivity index (χ2v) is 7.39. The Bertz CT molecular complexity index is 777. The summed E-state index contributed by atoms with van der Waals surface area (Å²) in [4.78, 5) is 24.2. The van der Waals surface area contributed by atoms with Gasteiger partial charge in [-0.15, -0.1) is 0 Å². The van der Waals surface area contributed by atoms with Gasteiger partial charge in [-0.2, -0.15) is 0 Å². The second kappa shape index (κ2) is 8.04. The number of aromatic hydroxyl groups is 1. The van der Waals surface area contributed by atoms with Gasteiger partial charge >= 0.3 is 0 Å². The molecule has 0 aromatic heterocycles. The minimum absolute atomic E-state index is 0.0247. The van der Waals surface area contributed by atoms with Crippen molar-refractivity contribution in [2.45, 2.75) is 39.2 Å². The Labute approximate surface area is 154 Å². The molecule has 5 nitrogen and oxygen atoms in total. The molecule has 1 atom stereocenters. The smallest absolute Gasteiger partial charge is 0.251 e. The predicted molar refractivity (Wildman–Crippen MR) is 102 cm³/mol. The Morgan fingerprint density at radius 3 is 2.31 bits per heavy atom. The molecule has 2 amide bonds. The van der Waals surface area contributed by atoms with Crippen LogP contribution < -0.4 is 10.6 Å². The fourth-order valence-corrected chi connectivity index (χ4v) is 2.55. The lowest BCUT2D eigenvalue weighted by Crippen LogP contribution is -2.38. The van der Waals surface area contributed by atoms with Gasteiger partial charge in [-0.3, -0.25) is 9.59 Å². The van der Waals surface area contributed by atoms with E-state index in [-0.39, 0.29) is 35.6 Å². The van der Waals surface area contributed by atoms with Crippen molar-refractivity contribution in [3.05, 3.63) is 65.2 Å². The van der Waals surface area contributed by atoms with Crippen LogP contribution in [0, 0.1) is 0 Å². The summed E-state index contributed by atoms with van der Waals surface area (Å²) in [5, 5.41) is 14.9. The summed E-state index contributed by atoms with van der Waals surface area (Å²) in [7, 11) is 0.